The number of thioether (sulfide) groups is 1. The molecule has 1 saturated carbocycles. The van der Waals surface area contributed by atoms with E-state index in [1.807, 2.05) is 32.8 Å². The molecule has 0 aliphatic heterocycles. The molecule has 1 aliphatic carbocycles. The number of hydrogen-bond acceptors (Lipinski definition) is 9. The van der Waals surface area contributed by atoms with Crippen molar-refractivity contribution in [2.24, 2.45) is 5.92 Å². The van der Waals surface area contributed by atoms with Crippen molar-refractivity contribution in [2.45, 2.75) is 69.3 Å². The third kappa shape index (κ3) is 7.57. The van der Waals surface area contributed by atoms with E-state index < -0.39 is 17.5 Å². The number of hydrogen-bond donors (Lipinski definition) is 1. The van der Waals surface area contributed by atoms with Crippen LogP contribution < -0.4 is 10.1 Å². The molecule has 38 heavy (non-hydrogen) atoms. The Morgan fingerprint density at radius 2 is 1.84 bits per heavy atom. The van der Waals surface area contributed by atoms with Crippen molar-refractivity contribution in [1.29, 1.82) is 0 Å². The molecule has 2 aromatic rings. The zero-order valence-electron chi connectivity index (χ0n) is 22.9. The summed E-state index contributed by atoms with van der Waals surface area (Å²) < 4.78 is 10.9. The van der Waals surface area contributed by atoms with Crippen LogP contribution >= 0.6 is 11.8 Å². The molecular weight excluding hydrogens is 506 g/mol. The second-order valence-electron chi connectivity index (χ2n) is 10.3. The summed E-state index contributed by atoms with van der Waals surface area (Å²) in [7, 11) is 5.51. The lowest BCUT2D eigenvalue weighted by molar-refractivity contribution is -0.129. The van der Waals surface area contributed by atoms with Gasteiger partial charge in [-0.1, -0.05) is 32.0 Å². The Balaban J connectivity index is 1.89. The Labute approximate surface area is 228 Å². The summed E-state index contributed by atoms with van der Waals surface area (Å²) in [4.78, 5) is 43.3. The summed E-state index contributed by atoms with van der Waals surface area (Å²) in [5, 5.41) is 11.5. The number of Topliss-reactive ketones (excluding diaryl/α,β-unsaturated/α-hetero) is 1. The maximum atomic E-state index is 13.7. The molecule has 1 fully saturated rings. The lowest BCUT2D eigenvalue weighted by atomic mass is 9.84. The molecule has 0 bridgehead atoms. The van der Waals surface area contributed by atoms with Gasteiger partial charge in [0.2, 0.25) is 12.2 Å². The monoisotopic (exact) mass is 545 g/mol. The Morgan fingerprint density at radius 1 is 1.16 bits per heavy atom. The van der Waals surface area contributed by atoms with Crippen molar-refractivity contribution < 1.29 is 23.5 Å². The Hall–Kier alpha value is -2.92. The topological polar surface area (TPSA) is 118 Å². The van der Waals surface area contributed by atoms with Gasteiger partial charge in [0.25, 0.3) is 17.0 Å². The molecule has 1 heterocycles. The van der Waals surface area contributed by atoms with Gasteiger partial charge in [-0.2, -0.15) is 0 Å². The molecule has 1 aromatic heterocycles. The van der Waals surface area contributed by atoms with Gasteiger partial charge in [0, 0.05) is 17.9 Å². The van der Waals surface area contributed by atoms with Crippen LogP contribution in [0, 0.1) is 5.92 Å². The van der Waals surface area contributed by atoms with Gasteiger partial charge in [0.1, 0.15) is 17.5 Å². The minimum Gasteiger partial charge on any atom is -0.497 e. The largest absolute Gasteiger partial charge is 0.497 e. The number of nitrogens with zero attached hydrogens (tertiary/aromatic N) is 4. The second kappa shape index (κ2) is 13.7. The van der Waals surface area contributed by atoms with E-state index in [4.69, 9.17) is 9.15 Å². The molecule has 2 amide bonds. The first-order valence-electron chi connectivity index (χ1n) is 13.0. The second-order valence-corrected chi connectivity index (χ2v) is 11.4. The van der Waals surface area contributed by atoms with Crippen molar-refractivity contribution in [3.8, 4) is 5.75 Å². The maximum Gasteiger partial charge on any atom is 0.286 e. The number of ketones is 1. The normalized spacial score (nSPS) is 15.8. The Bertz CT molecular complexity index is 1070. The highest BCUT2D eigenvalue weighted by Crippen LogP contribution is 2.35. The van der Waals surface area contributed by atoms with Crippen LogP contribution in [0.3, 0.4) is 0 Å². The third-order valence-electron chi connectivity index (χ3n) is 6.70. The van der Waals surface area contributed by atoms with Crippen LogP contribution in [0.2, 0.25) is 0 Å². The molecule has 1 atom stereocenters. The molecule has 1 unspecified atom stereocenters. The van der Waals surface area contributed by atoms with Gasteiger partial charge < -0.3 is 24.3 Å². The van der Waals surface area contributed by atoms with Crippen LogP contribution in [-0.4, -0.2) is 83.3 Å². The van der Waals surface area contributed by atoms with E-state index in [1.54, 1.807) is 31.4 Å². The SMILES string of the molecule is COc1ccc(C(=O)NC2(N(C=O)C(CC(C)C)C(=O)c3nnc(SCCN(C)C)o3)CCCCC2)cc1. The number of amides is 2. The number of ether oxygens (including phenoxy) is 1. The molecule has 0 spiro atoms. The highest BCUT2D eigenvalue weighted by Gasteiger charge is 2.45. The van der Waals surface area contributed by atoms with Crippen molar-refractivity contribution in [2.75, 3.05) is 33.5 Å². The van der Waals surface area contributed by atoms with Gasteiger partial charge in [0.05, 0.1) is 7.11 Å². The standard InChI is InChI=1S/C27H39N5O5S/c1-19(2)17-22(23(34)25-29-30-26(37-25)38-16-15-31(3)4)32(18-33)27(13-7-6-8-14-27)28-24(35)20-9-11-21(36-5)12-10-20/h9-12,18-19,22H,6-8,13-17H2,1-5H3,(H,28,35). The number of aromatic nitrogens is 2. The average molecular weight is 546 g/mol. The van der Waals surface area contributed by atoms with E-state index in [9.17, 15) is 14.4 Å². The molecule has 1 aromatic carbocycles. The summed E-state index contributed by atoms with van der Waals surface area (Å²) in [5.41, 5.74) is -0.556. The van der Waals surface area contributed by atoms with E-state index in [1.165, 1.54) is 16.7 Å². The van der Waals surface area contributed by atoms with E-state index in [-0.39, 0.29) is 17.7 Å². The predicted molar refractivity (Wildman–Crippen MR) is 145 cm³/mol. The lowest BCUT2D eigenvalue weighted by Gasteiger charge is -2.48. The lowest BCUT2D eigenvalue weighted by Crippen LogP contribution is -2.65. The molecule has 1 N–H and O–H groups in total. The van der Waals surface area contributed by atoms with Crippen molar-refractivity contribution >= 4 is 29.9 Å². The van der Waals surface area contributed by atoms with E-state index in [0.717, 1.165) is 31.6 Å². The zero-order valence-corrected chi connectivity index (χ0v) is 23.8. The van der Waals surface area contributed by atoms with Gasteiger partial charge in [-0.05, 0) is 76.4 Å². The van der Waals surface area contributed by atoms with Gasteiger partial charge in [-0.15, -0.1) is 10.2 Å². The molecule has 10 nitrogen and oxygen atoms in total. The fourth-order valence-corrected chi connectivity index (χ4v) is 5.57. The fraction of sp³-hybridized carbons (Fsp3) is 0.593. The highest BCUT2D eigenvalue weighted by molar-refractivity contribution is 7.99. The van der Waals surface area contributed by atoms with Crippen LogP contribution in [0.15, 0.2) is 33.9 Å². The molecule has 3 rings (SSSR count). The molecule has 0 saturated heterocycles. The number of carbonyl (C=O) groups excluding carboxylic acids is 3. The van der Waals surface area contributed by atoms with Gasteiger partial charge in [-0.3, -0.25) is 14.4 Å². The van der Waals surface area contributed by atoms with Crippen LogP contribution in [-0.2, 0) is 4.79 Å². The zero-order chi connectivity index (χ0) is 27.7. The Kier molecular flexibility index (Phi) is 10.7. The number of nitrogens with one attached hydrogen (secondary N) is 1. The third-order valence-corrected chi connectivity index (χ3v) is 7.50. The van der Waals surface area contributed by atoms with Crippen LogP contribution in [0.5, 0.6) is 5.75 Å². The maximum absolute atomic E-state index is 13.7. The van der Waals surface area contributed by atoms with Crippen LogP contribution in [0.25, 0.3) is 0 Å². The fourth-order valence-electron chi connectivity index (χ4n) is 4.70. The minimum atomic E-state index is -1.00. The number of benzene rings is 1. The molecule has 0 radical (unpaired) electrons. The van der Waals surface area contributed by atoms with Crippen molar-refractivity contribution in [3.05, 3.63) is 35.7 Å². The van der Waals surface area contributed by atoms with Gasteiger partial charge in [-0.25, -0.2) is 0 Å². The van der Waals surface area contributed by atoms with E-state index in [2.05, 4.69) is 15.5 Å². The van der Waals surface area contributed by atoms with E-state index in [0.29, 0.717) is 42.2 Å². The highest BCUT2D eigenvalue weighted by atomic mass is 32.2. The molecular formula is C27H39N5O5S. The number of methoxy groups -OCH3 is 1. The molecule has 208 valence electrons. The first-order valence-corrected chi connectivity index (χ1v) is 14.0. The summed E-state index contributed by atoms with van der Waals surface area (Å²) >= 11 is 1.38. The summed E-state index contributed by atoms with van der Waals surface area (Å²) in [5.74, 6) is 0.628. The van der Waals surface area contributed by atoms with Crippen LogP contribution in [0.1, 0.15) is 73.4 Å². The average Bonchev–Trinajstić information content (AvgIpc) is 3.37. The van der Waals surface area contributed by atoms with Gasteiger partial charge in [0.15, 0.2) is 0 Å². The van der Waals surface area contributed by atoms with Crippen molar-refractivity contribution in [1.82, 2.24) is 25.3 Å². The number of rotatable bonds is 14. The molecule has 11 heteroatoms. The van der Waals surface area contributed by atoms with E-state index >= 15 is 0 Å². The summed E-state index contributed by atoms with van der Waals surface area (Å²) in [6.07, 6.45) is 4.81. The Morgan fingerprint density at radius 3 is 2.42 bits per heavy atom. The predicted octanol–water partition coefficient (Wildman–Crippen LogP) is 3.88. The van der Waals surface area contributed by atoms with Crippen molar-refractivity contribution in [3.63, 3.8) is 0 Å². The quantitative estimate of drug-likeness (QED) is 0.163. The summed E-state index contributed by atoms with van der Waals surface area (Å²) in [6, 6.07) is 5.94. The first-order chi connectivity index (χ1) is 18.2. The van der Waals surface area contributed by atoms with Gasteiger partial charge >= 0.3 is 0 Å². The molecule has 1 aliphatic rings. The number of carbonyl (C=O) groups is 3. The minimum absolute atomic E-state index is 0.0983. The van der Waals surface area contributed by atoms with Crippen LogP contribution in [0.4, 0.5) is 0 Å². The summed E-state index contributed by atoms with van der Waals surface area (Å²) in [6.45, 7) is 4.80. The smallest absolute Gasteiger partial charge is 0.286 e. The first kappa shape index (κ1) is 29.6.